The summed E-state index contributed by atoms with van der Waals surface area (Å²) < 4.78 is 39.0. The van der Waals surface area contributed by atoms with E-state index in [4.69, 9.17) is 9.47 Å². The van der Waals surface area contributed by atoms with Gasteiger partial charge in [-0.1, -0.05) is 12.1 Å². The van der Waals surface area contributed by atoms with Gasteiger partial charge in [-0.05, 0) is 30.7 Å². The topological polar surface area (TPSA) is 55.8 Å². The van der Waals surface area contributed by atoms with Gasteiger partial charge in [-0.15, -0.1) is 0 Å². The van der Waals surface area contributed by atoms with Crippen molar-refractivity contribution in [2.24, 2.45) is 0 Å². The average molecular weight is 361 g/mol. The van der Waals surface area contributed by atoms with Gasteiger partial charge in [0.15, 0.2) is 0 Å². The Kier molecular flexibility index (Phi) is 4.39. The van der Waals surface area contributed by atoms with Crippen LogP contribution >= 0.6 is 0 Å². The summed E-state index contributed by atoms with van der Waals surface area (Å²) in [6.45, 7) is 4.31. The Balaban J connectivity index is 2.13. The normalized spacial score (nSPS) is 16.0. The van der Waals surface area contributed by atoms with E-state index in [1.807, 2.05) is 0 Å². The van der Waals surface area contributed by atoms with Gasteiger partial charge in [0.25, 0.3) is 5.91 Å². The molecule has 5 nitrogen and oxygen atoms in total. The first-order valence-corrected chi connectivity index (χ1v) is 7.95. The fraction of sp³-hybridized carbons (Fsp3) is 0.263. The Hall–Kier alpha value is -2.96. The number of hydrogen-bond donors (Lipinski definition) is 0. The molecule has 1 aliphatic heterocycles. The van der Waals surface area contributed by atoms with Crippen molar-refractivity contribution in [3.63, 3.8) is 0 Å². The number of aryl methyl sites for hydroxylation is 1. The number of halogens is 2. The van der Waals surface area contributed by atoms with Gasteiger partial charge in [0.2, 0.25) is 5.79 Å². The van der Waals surface area contributed by atoms with Crippen LogP contribution in [0.15, 0.2) is 36.4 Å². The Morgan fingerprint density at radius 2 is 1.77 bits per heavy atom. The van der Waals surface area contributed by atoms with Crippen LogP contribution in [0.1, 0.15) is 29.8 Å². The molecule has 1 aliphatic rings. The molecule has 0 unspecified atom stereocenters. The number of esters is 1. The van der Waals surface area contributed by atoms with Crippen molar-refractivity contribution in [3.05, 3.63) is 59.2 Å². The number of hydrogen-bond acceptors (Lipinski definition) is 4. The summed E-state index contributed by atoms with van der Waals surface area (Å²) in [5, 5.41) is 0. The average Bonchev–Trinajstić information content (AvgIpc) is 2.56. The molecule has 1 amide bonds. The molecule has 0 aromatic heterocycles. The van der Waals surface area contributed by atoms with E-state index < -0.39 is 41.4 Å². The van der Waals surface area contributed by atoms with E-state index in [0.717, 1.165) is 23.1 Å². The molecule has 0 radical (unpaired) electrons. The molecule has 2 aromatic carbocycles. The number of carbonyl (C=O) groups is 2. The van der Waals surface area contributed by atoms with Crippen molar-refractivity contribution in [1.29, 1.82) is 0 Å². The van der Waals surface area contributed by atoms with Crippen LogP contribution in [0.2, 0.25) is 0 Å². The molecule has 0 saturated carbocycles. The van der Waals surface area contributed by atoms with E-state index in [-0.39, 0.29) is 0 Å². The highest BCUT2D eigenvalue weighted by atomic mass is 19.1. The van der Waals surface area contributed by atoms with Crippen LogP contribution in [0.3, 0.4) is 0 Å². The zero-order valence-corrected chi connectivity index (χ0v) is 14.5. The monoisotopic (exact) mass is 361 g/mol. The van der Waals surface area contributed by atoms with Gasteiger partial charge in [-0.25, -0.2) is 13.6 Å². The Morgan fingerprint density at radius 3 is 2.42 bits per heavy atom. The molecule has 0 spiro atoms. The molecule has 2 bridgehead atoms. The van der Waals surface area contributed by atoms with E-state index >= 15 is 0 Å². The first-order valence-electron chi connectivity index (χ1n) is 7.95. The van der Waals surface area contributed by atoms with Crippen LogP contribution in [-0.2, 0) is 9.53 Å². The molecule has 136 valence electrons. The Morgan fingerprint density at radius 1 is 1.12 bits per heavy atom. The Labute approximate surface area is 149 Å². The minimum Gasteiger partial charge on any atom is -0.453 e. The van der Waals surface area contributed by atoms with Crippen molar-refractivity contribution >= 4 is 17.6 Å². The third-order valence-corrected chi connectivity index (χ3v) is 3.90. The van der Waals surface area contributed by atoms with Crippen molar-refractivity contribution in [3.8, 4) is 5.75 Å². The summed E-state index contributed by atoms with van der Waals surface area (Å²) in [6.07, 6.45) is 0. The second kappa shape index (κ2) is 6.40. The molecule has 0 N–H and O–H groups in total. The van der Waals surface area contributed by atoms with Crippen LogP contribution < -0.4 is 9.64 Å². The number of cyclic esters (lactones) is 1. The molecular weight excluding hydrogens is 344 g/mol. The van der Waals surface area contributed by atoms with Crippen LogP contribution in [0.25, 0.3) is 0 Å². The standard InChI is InChI=1S/C19H17F2NO4/c1-11-7-8-12-9-15(11)22(10-16(23)26-19(2,3)25-12)18(24)17-13(20)5-4-6-14(17)21/h4-9H,10H2,1-3H3. The van der Waals surface area contributed by atoms with E-state index in [2.05, 4.69) is 0 Å². The maximum Gasteiger partial charge on any atom is 0.329 e. The minimum absolute atomic E-state index is 0.310. The van der Waals surface area contributed by atoms with Crippen LogP contribution in [-0.4, -0.2) is 24.2 Å². The number of rotatable bonds is 1. The first-order chi connectivity index (χ1) is 12.2. The van der Waals surface area contributed by atoms with Gasteiger partial charge in [-0.2, -0.15) is 0 Å². The Bertz CT molecular complexity index is 875. The first kappa shape index (κ1) is 17.8. The molecule has 0 aliphatic carbocycles. The summed E-state index contributed by atoms with van der Waals surface area (Å²) in [5.41, 5.74) is 0.212. The maximum atomic E-state index is 14.1. The number of benzene rings is 2. The molecule has 0 fully saturated rings. The summed E-state index contributed by atoms with van der Waals surface area (Å²) in [5.74, 6) is -4.65. The fourth-order valence-corrected chi connectivity index (χ4v) is 2.79. The number of anilines is 1. The third kappa shape index (κ3) is 3.37. The maximum absolute atomic E-state index is 14.1. The van der Waals surface area contributed by atoms with Crippen LogP contribution in [0.5, 0.6) is 5.75 Å². The smallest absolute Gasteiger partial charge is 0.329 e. The second-order valence-electron chi connectivity index (χ2n) is 6.41. The predicted molar refractivity (Wildman–Crippen MR) is 90.0 cm³/mol. The number of fused-ring (bicyclic) bond motifs is 2. The minimum atomic E-state index is -1.26. The molecule has 2 aromatic rings. The lowest BCUT2D eigenvalue weighted by molar-refractivity contribution is -0.184. The number of carbonyl (C=O) groups excluding carboxylic acids is 2. The highest BCUT2D eigenvalue weighted by Gasteiger charge is 2.33. The summed E-state index contributed by atoms with van der Waals surface area (Å²) in [7, 11) is 0. The molecule has 26 heavy (non-hydrogen) atoms. The zero-order chi connectivity index (χ0) is 19.1. The van der Waals surface area contributed by atoms with Gasteiger partial charge in [0, 0.05) is 19.9 Å². The number of nitrogens with zero attached hydrogens (tertiary/aromatic N) is 1. The second-order valence-corrected chi connectivity index (χ2v) is 6.41. The highest BCUT2D eigenvalue weighted by molar-refractivity contribution is 6.09. The van der Waals surface area contributed by atoms with Gasteiger partial charge in [0.05, 0.1) is 5.69 Å². The van der Waals surface area contributed by atoms with E-state index in [0.29, 0.717) is 17.0 Å². The van der Waals surface area contributed by atoms with Gasteiger partial charge >= 0.3 is 5.97 Å². The van der Waals surface area contributed by atoms with E-state index in [1.54, 1.807) is 32.9 Å². The van der Waals surface area contributed by atoms with Gasteiger partial charge < -0.3 is 9.47 Å². The van der Waals surface area contributed by atoms with Crippen LogP contribution in [0.4, 0.5) is 14.5 Å². The summed E-state index contributed by atoms with van der Waals surface area (Å²) in [6, 6.07) is 8.02. The molecular formula is C19H17F2NO4. The fourth-order valence-electron chi connectivity index (χ4n) is 2.79. The predicted octanol–water partition coefficient (Wildman–Crippen LogP) is 3.59. The molecule has 7 heteroatoms. The van der Waals surface area contributed by atoms with Gasteiger partial charge in [0.1, 0.15) is 29.5 Å². The van der Waals surface area contributed by atoms with Crippen molar-refractivity contribution < 1.29 is 27.8 Å². The lowest BCUT2D eigenvalue weighted by Gasteiger charge is -2.25. The summed E-state index contributed by atoms with van der Waals surface area (Å²) in [4.78, 5) is 26.1. The van der Waals surface area contributed by atoms with Crippen molar-refractivity contribution in [2.75, 3.05) is 11.4 Å². The largest absolute Gasteiger partial charge is 0.453 e. The SMILES string of the molecule is Cc1ccc2cc1N(C(=O)c1c(F)cccc1F)CC(=O)OC(C)(C)O2. The number of ether oxygens (including phenoxy) is 2. The molecule has 0 saturated heterocycles. The van der Waals surface area contributed by atoms with Crippen molar-refractivity contribution in [1.82, 2.24) is 0 Å². The number of amides is 1. The van der Waals surface area contributed by atoms with E-state index in [1.165, 1.54) is 6.07 Å². The van der Waals surface area contributed by atoms with E-state index in [9.17, 15) is 18.4 Å². The summed E-state index contributed by atoms with van der Waals surface area (Å²) >= 11 is 0. The van der Waals surface area contributed by atoms with Gasteiger partial charge in [-0.3, -0.25) is 9.69 Å². The molecule has 1 heterocycles. The quantitative estimate of drug-likeness (QED) is 0.729. The lowest BCUT2D eigenvalue weighted by atomic mass is 10.1. The third-order valence-electron chi connectivity index (χ3n) is 3.90. The highest BCUT2D eigenvalue weighted by Crippen LogP contribution is 2.31. The molecule has 3 rings (SSSR count). The van der Waals surface area contributed by atoms with Crippen LogP contribution in [0, 0.1) is 18.6 Å². The lowest BCUT2D eigenvalue weighted by Crippen LogP contribution is -2.41. The zero-order valence-electron chi connectivity index (χ0n) is 14.5. The van der Waals surface area contributed by atoms with Crippen molar-refractivity contribution in [2.45, 2.75) is 26.6 Å². The molecule has 0 atom stereocenters.